The maximum atomic E-state index is 12.5. The minimum Gasteiger partial charge on any atom is -0.379 e. The maximum absolute atomic E-state index is 12.5. The third kappa shape index (κ3) is 3.86. The summed E-state index contributed by atoms with van der Waals surface area (Å²) in [5, 5.41) is 3.55. The summed E-state index contributed by atoms with van der Waals surface area (Å²) >= 11 is 6.27. The van der Waals surface area contributed by atoms with Gasteiger partial charge >= 0.3 is 0 Å². The third-order valence-corrected chi connectivity index (χ3v) is 4.79. The number of aryl methyl sites for hydroxylation is 2. The second-order valence-electron chi connectivity index (χ2n) is 6.30. The minimum absolute atomic E-state index is 0.0361. The fourth-order valence-electron chi connectivity index (χ4n) is 3.40. The Bertz CT molecular complexity index is 568. The standard InChI is InChI=1S/C17H23ClN2O3/c1-11-7-12(2)17(13(18)8-11)19-16(21)9-20-4-6-23-15-10-22-5-3-14(15)20/h7-8,14-15H,3-6,9-10H2,1-2H3,(H,19,21)/t14-,15+/m0/s1. The third-order valence-electron chi connectivity index (χ3n) is 4.49. The number of benzene rings is 1. The predicted octanol–water partition coefficient (Wildman–Crippen LogP) is 2.39. The lowest BCUT2D eigenvalue weighted by atomic mass is 10.0. The number of carbonyl (C=O) groups is 1. The van der Waals surface area contributed by atoms with Gasteiger partial charge in [-0.3, -0.25) is 9.69 Å². The molecule has 0 radical (unpaired) electrons. The normalized spacial score (nSPS) is 25.0. The molecule has 2 aliphatic rings. The van der Waals surface area contributed by atoms with E-state index in [-0.39, 0.29) is 18.1 Å². The number of carbonyl (C=O) groups excluding carboxylic acids is 1. The Balaban J connectivity index is 1.65. The van der Waals surface area contributed by atoms with E-state index in [4.69, 9.17) is 21.1 Å². The number of ether oxygens (including phenoxy) is 2. The summed E-state index contributed by atoms with van der Waals surface area (Å²) < 4.78 is 11.2. The van der Waals surface area contributed by atoms with E-state index in [1.807, 2.05) is 26.0 Å². The van der Waals surface area contributed by atoms with Crippen molar-refractivity contribution < 1.29 is 14.3 Å². The van der Waals surface area contributed by atoms with Gasteiger partial charge in [-0.25, -0.2) is 0 Å². The molecule has 0 aliphatic carbocycles. The van der Waals surface area contributed by atoms with Gasteiger partial charge in [0.1, 0.15) is 0 Å². The fraction of sp³-hybridized carbons (Fsp3) is 0.588. The van der Waals surface area contributed by atoms with Gasteiger partial charge in [-0.15, -0.1) is 0 Å². The SMILES string of the molecule is Cc1cc(C)c(NC(=O)CN2CCO[C@@H]3COCC[C@@H]32)c(Cl)c1. The zero-order valence-corrected chi connectivity index (χ0v) is 14.4. The molecule has 1 aromatic rings. The highest BCUT2D eigenvalue weighted by Crippen LogP contribution is 2.27. The lowest BCUT2D eigenvalue weighted by molar-refractivity contribution is -0.142. The Morgan fingerprint density at radius 1 is 1.39 bits per heavy atom. The molecule has 126 valence electrons. The van der Waals surface area contributed by atoms with Crippen molar-refractivity contribution in [2.45, 2.75) is 32.4 Å². The van der Waals surface area contributed by atoms with Crippen LogP contribution in [0.1, 0.15) is 17.5 Å². The predicted molar refractivity (Wildman–Crippen MR) is 90.1 cm³/mol. The van der Waals surface area contributed by atoms with Gasteiger partial charge in [0, 0.05) is 19.2 Å². The average Bonchev–Trinajstić information content (AvgIpc) is 2.51. The van der Waals surface area contributed by atoms with E-state index in [1.54, 1.807) is 0 Å². The first-order valence-corrected chi connectivity index (χ1v) is 8.42. The van der Waals surface area contributed by atoms with Gasteiger partial charge in [0.15, 0.2) is 0 Å². The van der Waals surface area contributed by atoms with Crippen molar-refractivity contribution in [2.75, 3.05) is 38.2 Å². The van der Waals surface area contributed by atoms with Gasteiger partial charge in [0.2, 0.25) is 5.91 Å². The van der Waals surface area contributed by atoms with Crippen LogP contribution >= 0.6 is 11.6 Å². The quantitative estimate of drug-likeness (QED) is 0.919. The number of hydrogen-bond acceptors (Lipinski definition) is 4. The van der Waals surface area contributed by atoms with Crippen LogP contribution in [-0.4, -0.2) is 55.9 Å². The van der Waals surface area contributed by atoms with Gasteiger partial charge < -0.3 is 14.8 Å². The van der Waals surface area contributed by atoms with Gasteiger partial charge in [-0.2, -0.15) is 0 Å². The lowest BCUT2D eigenvalue weighted by Crippen LogP contribution is -2.57. The molecular formula is C17H23ClN2O3. The number of halogens is 1. The van der Waals surface area contributed by atoms with Crippen LogP contribution in [-0.2, 0) is 14.3 Å². The number of nitrogens with one attached hydrogen (secondary N) is 1. The Hall–Kier alpha value is -1.14. The van der Waals surface area contributed by atoms with Crippen molar-refractivity contribution in [3.8, 4) is 0 Å². The van der Waals surface area contributed by atoms with Gasteiger partial charge in [0.25, 0.3) is 0 Å². The molecule has 2 heterocycles. The number of amides is 1. The van der Waals surface area contributed by atoms with Crippen LogP contribution in [0.15, 0.2) is 12.1 Å². The summed E-state index contributed by atoms with van der Waals surface area (Å²) in [6.07, 6.45) is 0.984. The first kappa shape index (κ1) is 16.7. The van der Waals surface area contributed by atoms with Crippen LogP contribution < -0.4 is 5.32 Å². The van der Waals surface area contributed by atoms with E-state index in [9.17, 15) is 4.79 Å². The molecule has 2 fully saturated rings. The average molecular weight is 339 g/mol. The van der Waals surface area contributed by atoms with Crippen LogP contribution in [0.3, 0.4) is 0 Å². The highest BCUT2D eigenvalue weighted by molar-refractivity contribution is 6.34. The molecule has 0 unspecified atom stereocenters. The largest absolute Gasteiger partial charge is 0.379 e. The highest BCUT2D eigenvalue weighted by atomic mass is 35.5. The molecule has 2 atom stereocenters. The summed E-state index contributed by atoms with van der Waals surface area (Å²) in [6, 6.07) is 4.15. The van der Waals surface area contributed by atoms with E-state index in [0.29, 0.717) is 30.5 Å². The van der Waals surface area contributed by atoms with Crippen molar-refractivity contribution >= 4 is 23.2 Å². The molecule has 23 heavy (non-hydrogen) atoms. The molecule has 1 aromatic carbocycles. The fourth-order valence-corrected chi connectivity index (χ4v) is 3.77. The van der Waals surface area contributed by atoms with Crippen LogP contribution in [0.5, 0.6) is 0 Å². The Morgan fingerprint density at radius 2 is 2.22 bits per heavy atom. The maximum Gasteiger partial charge on any atom is 0.238 e. The van der Waals surface area contributed by atoms with Crippen LogP contribution in [0.25, 0.3) is 0 Å². The van der Waals surface area contributed by atoms with Gasteiger partial charge in [-0.1, -0.05) is 17.7 Å². The number of rotatable bonds is 3. The van der Waals surface area contributed by atoms with Crippen molar-refractivity contribution in [3.05, 3.63) is 28.3 Å². The number of fused-ring (bicyclic) bond motifs is 1. The summed E-state index contributed by atoms with van der Waals surface area (Å²) in [5.74, 6) is -0.0361. The molecule has 0 saturated carbocycles. The Morgan fingerprint density at radius 3 is 3.00 bits per heavy atom. The van der Waals surface area contributed by atoms with Crippen LogP contribution in [0.4, 0.5) is 5.69 Å². The lowest BCUT2D eigenvalue weighted by Gasteiger charge is -2.43. The number of anilines is 1. The Labute approximate surface area is 141 Å². The van der Waals surface area contributed by atoms with E-state index >= 15 is 0 Å². The van der Waals surface area contributed by atoms with Crippen LogP contribution in [0.2, 0.25) is 5.02 Å². The van der Waals surface area contributed by atoms with E-state index in [2.05, 4.69) is 10.2 Å². The molecular weight excluding hydrogens is 316 g/mol. The highest BCUT2D eigenvalue weighted by Gasteiger charge is 2.35. The van der Waals surface area contributed by atoms with Crippen LogP contribution in [0, 0.1) is 13.8 Å². The molecule has 0 aromatic heterocycles. The zero-order valence-electron chi connectivity index (χ0n) is 13.6. The molecule has 2 saturated heterocycles. The Kier molecular flexibility index (Phi) is 5.21. The molecule has 3 rings (SSSR count). The molecule has 1 amide bonds. The molecule has 0 spiro atoms. The smallest absolute Gasteiger partial charge is 0.238 e. The van der Waals surface area contributed by atoms with E-state index < -0.39 is 0 Å². The molecule has 1 N–H and O–H groups in total. The summed E-state index contributed by atoms with van der Waals surface area (Å²) in [6.45, 7) is 7.06. The molecule has 0 bridgehead atoms. The second-order valence-corrected chi connectivity index (χ2v) is 6.70. The van der Waals surface area contributed by atoms with Crippen molar-refractivity contribution in [2.24, 2.45) is 0 Å². The molecule has 6 heteroatoms. The van der Waals surface area contributed by atoms with Crippen molar-refractivity contribution in [1.29, 1.82) is 0 Å². The van der Waals surface area contributed by atoms with Crippen molar-refractivity contribution in [1.82, 2.24) is 4.90 Å². The summed E-state index contributed by atoms with van der Waals surface area (Å²) in [4.78, 5) is 14.7. The van der Waals surface area contributed by atoms with Crippen molar-refractivity contribution in [3.63, 3.8) is 0 Å². The first-order valence-electron chi connectivity index (χ1n) is 8.04. The van der Waals surface area contributed by atoms with Gasteiger partial charge in [0.05, 0.1) is 36.6 Å². The molecule has 5 nitrogen and oxygen atoms in total. The van der Waals surface area contributed by atoms with E-state index in [0.717, 1.165) is 30.7 Å². The minimum atomic E-state index is -0.0361. The topological polar surface area (TPSA) is 50.8 Å². The summed E-state index contributed by atoms with van der Waals surface area (Å²) in [7, 11) is 0. The number of morpholine rings is 1. The number of hydrogen-bond donors (Lipinski definition) is 1. The number of nitrogens with zero attached hydrogens (tertiary/aromatic N) is 1. The monoisotopic (exact) mass is 338 g/mol. The second kappa shape index (κ2) is 7.18. The first-order chi connectivity index (χ1) is 11.0. The molecule has 2 aliphatic heterocycles. The summed E-state index contributed by atoms with van der Waals surface area (Å²) in [5.41, 5.74) is 2.78. The zero-order chi connectivity index (χ0) is 16.4. The van der Waals surface area contributed by atoms with Gasteiger partial charge in [-0.05, 0) is 37.5 Å². The van der Waals surface area contributed by atoms with E-state index in [1.165, 1.54) is 0 Å².